The van der Waals surface area contributed by atoms with Crippen LogP contribution in [-0.4, -0.2) is 76.9 Å². The number of ether oxygens (including phenoxy) is 1. The fourth-order valence-corrected chi connectivity index (χ4v) is 3.47. The van der Waals surface area contributed by atoms with Gasteiger partial charge in [-0.3, -0.25) is 4.57 Å². The van der Waals surface area contributed by atoms with Crippen LogP contribution in [0, 0.1) is 0 Å². The van der Waals surface area contributed by atoms with E-state index in [-0.39, 0.29) is 23.4 Å². The van der Waals surface area contributed by atoms with E-state index in [9.17, 15) is 25.2 Å². The summed E-state index contributed by atoms with van der Waals surface area (Å²) in [6, 6.07) is 8.24. The second-order valence-electron chi connectivity index (χ2n) is 7.00. The van der Waals surface area contributed by atoms with Gasteiger partial charge in [-0.1, -0.05) is 30.3 Å². The molecule has 11 nitrogen and oxygen atoms in total. The molecule has 1 fully saturated rings. The number of imidazole rings is 1. The van der Waals surface area contributed by atoms with E-state index in [0.29, 0.717) is 0 Å². The van der Waals surface area contributed by atoms with E-state index in [1.807, 2.05) is 30.3 Å². The van der Waals surface area contributed by atoms with Crippen LogP contribution < -0.4 is 5.32 Å². The van der Waals surface area contributed by atoms with Crippen molar-refractivity contribution >= 4 is 23.0 Å². The van der Waals surface area contributed by atoms with E-state index in [2.05, 4.69) is 20.3 Å². The highest BCUT2D eigenvalue weighted by Crippen LogP contribution is 2.32. The molecular weight excluding hydrogens is 394 g/mol. The van der Waals surface area contributed by atoms with Crippen molar-refractivity contribution in [1.82, 2.24) is 19.5 Å². The van der Waals surface area contributed by atoms with E-state index in [1.165, 1.54) is 17.2 Å². The van der Waals surface area contributed by atoms with Crippen molar-refractivity contribution in [3.8, 4) is 0 Å². The summed E-state index contributed by atoms with van der Waals surface area (Å²) in [6.07, 6.45) is -1.68. The molecule has 5 atom stereocenters. The molecule has 158 valence electrons. The molecule has 0 aliphatic carbocycles. The molecule has 0 radical (unpaired) electrons. The first kappa shape index (κ1) is 20.2. The Morgan fingerprint density at radius 3 is 2.60 bits per heavy atom. The highest BCUT2D eigenvalue weighted by atomic mass is 16.6. The number of aromatic nitrogens is 4. The summed E-state index contributed by atoms with van der Waals surface area (Å²) in [7, 11) is 0. The molecule has 3 heterocycles. The molecule has 5 N–H and O–H groups in total. The first-order valence-corrected chi connectivity index (χ1v) is 9.33. The lowest BCUT2D eigenvalue weighted by molar-refractivity contribution is -0.137. The van der Waals surface area contributed by atoms with Gasteiger partial charge < -0.3 is 30.5 Å². The smallest absolute Gasteiger partial charge is 0.326 e. The van der Waals surface area contributed by atoms with Gasteiger partial charge >= 0.3 is 5.97 Å². The summed E-state index contributed by atoms with van der Waals surface area (Å²) >= 11 is 0. The molecule has 4 rings (SSSR count). The van der Waals surface area contributed by atoms with Crippen LogP contribution in [-0.2, 0) is 16.0 Å². The lowest BCUT2D eigenvalue weighted by Gasteiger charge is -2.17. The van der Waals surface area contributed by atoms with Crippen LogP contribution in [0.4, 0.5) is 5.82 Å². The van der Waals surface area contributed by atoms with E-state index >= 15 is 0 Å². The molecule has 1 aromatic carbocycles. The highest BCUT2D eigenvalue weighted by molar-refractivity contribution is 5.86. The molecule has 11 heteroatoms. The van der Waals surface area contributed by atoms with Gasteiger partial charge in [-0.25, -0.2) is 19.7 Å². The first-order chi connectivity index (χ1) is 14.5. The number of carboxylic acids is 1. The Hall–Kier alpha value is -3.12. The second kappa shape index (κ2) is 8.32. The number of carboxylic acid groups (broad SMARTS) is 1. The standard InChI is InChI=1S/C19H21N5O6/c25-7-12-14(26)15(27)18(30-12)24-9-22-13-16(20-8-21-17(13)24)23-11(19(28)29)6-10-4-2-1-3-5-10/h1-5,8-9,11-12,14-15,18,25-27H,6-7H2,(H,28,29)(H,20,21,23)/t11-,12-,14?,15?,18-/m1/s1. The zero-order chi connectivity index (χ0) is 21.3. The van der Waals surface area contributed by atoms with Crippen LogP contribution in [0.5, 0.6) is 0 Å². The maximum atomic E-state index is 11.8. The Kier molecular flexibility index (Phi) is 5.59. The van der Waals surface area contributed by atoms with Gasteiger partial charge in [-0.15, -0.1) is 0 Å². The first-order valence-electron chi connectivity index (χ1n) is 9.33. The van der Waals surface area contributed by atoms with Gasteiger partial charge in [0, 0.05) is 6.42 Å². The number of benzene rings is 1. The van der Waals surface area contributed by atoms with E-state index < -0.39 is 43.2 Å². The van der Waals surface area contributed by atoms with E-state index in [1.54, 1.807) is 0 Å². The predicted octanol–water partition coefficient (Wildman–Crippen LogP) is -0.454. The molecule has 0 saturated carbocycles. The van der Waals surface area contributed by atoms with Crippen LogP contribution in [0.3, 0.4) is 0 Å². The molecule has 2 aromatic heterocycles. The minimum Gasteiger partial charge on any atom is -0.480 e. The molecule has 0 amide bonds. The summed E-state index contributed by atoms with van der Waals surface area (Å²) < 4.78 is 6.94. The molecule has 0 bridgehead atoms. The van der Waals surface area contributed by atoms with Crippen LogP contribution in [0.1, 0.15) is 11.8 Å². The largest absolute Gasteiger partial charge is 0.480 e. The van der Waals surface area contributed by atoms with Crippen molar-refractivity contribution in [3.05, 3.63) is 48.5 Å². The number of hydrogen-bond acceptors (Lipinski definition) is 9. The van der Waals surface area contributed by atoms with Crippen LogP contribution in [0.25, 0.3) is 11.2 Å². The van der Waals surface area contributed by atoms with Crippen molar-refractivity contribution < 1.29 is 30.0 Å². The van der Waals surface area contributed by atoms with Gasteiger partial charge in [0.05, 0.1) is 12.9 Å². The molecule has 3 aromatic rings. The van der Waals surface area contributed by atoms with Gasteiger partial charge in [0.1, 0.15) is 30.7 Å². The Morgan fingerprint density at radius 2 is 1.93 bits per heavy atom. The van der Waals surface area contributed by atoms with Gasteiger partial charge in [0.2, 0.25) is 0 Å². The van der Waals surface area contributed by atoms with Gasteiger partial charge in [-0.05, 0) is 5.56 Å². The Balaban J connectivity index is 1.62. The fourth-order valence-electron chi connectivity index (χ4n) is 3.47. The Labute approximate surface area is 170 Å². The summed E-state index contributed by atoms with van der Waals surface area (Å²) in [4.78, 5) is 24.3. The second-order valence-corrected chi connectivity index (χ2v) is 7.00. The summed E-state index contributed by atoms with van der Waals surface area (Å²) in [5.74, 6) is -0.831. The van der Waals surface area contributed by atoms with Crippen molar-refractivity contribution in [2.75, 3.05) is 11.9 Å². The van der Waals surface area contributed by atoms with Gasteiger partial charge in [0.25, 0.3) is 0 Å². The van der Waals surface area contributed by atoms with Crippen molar-refractivity contribution in [2.45, 2.75) is 37.0 Å². The van der Waals surface area contributed by atoms with Crippen molar-refractivity contribution in [3.63, 3.8) is 0 Å². The number of rotatable bonds is 7. The average Bonchev–Trinajstić information content (AvgIpc) is 3.30. The third kappa shape index (κ3) is 3.71. The predicted molar refractivity (Wildman–Crippen MR) is 104 cm³/mol. The molecule has 2 unspecified atom stereocenters. The summed E-state index contributed by atoms with van der Waals surface area (Å²) in [6.45, 7) is -0.455. The number of hydrogen-bond donors (Lipinski definition) is 5. The van der Waals surface area contributed by atoms with E-state index in [4.69, 9.17) is 4.74 Å². The SMILES string of the molecule is O=C(O)[C@@H](Cc1ccccc1)Nc1ncnc2c1ncn2[C@@H]1O[C@H](CO)C(O)C1O. The number of aliphatic hydroxyl groups is 3. The summed E-state index contributed by atoms with van der Waals surface area (Å²) in [5, 5.41) is 42.1. The normalized spacial score (nSPS) is 24.8. The number of nitrogens with zero attached hydrogens (tertiary/aromatic N) is 4. The van der Waals surface area contributed by atoms with Crippen molar-refractivity contribution in [2.24, 2.45) is 0 Å². The average molecular weight is 415 g/mol. The lowest BCUT2D eigenvalue weighted by Crippen LogP contribution is -2.33. The maximum absolute atomic E-state index is 11.8. The quantitative estimate of drug-likeness (QED) is 0.341. The molecule has 1 aliphatic heterocycles. The molecule has 1 saturated heterocycles. The van der Waals surface area contributed by atoms with E-state index in [0.717, 1.165) is 5.56 Å². The fraction of sp³-hybridized carbons (Fsp3) is 0.368. The highest BCUT2D eigenvalue weighted by Gasteiger charge is 2.44. The number of fused-ring (bicyclic) bond motifs is 1. The Bertz CT molecular complexity index is 1030. The number of carbonyl (C=O) groups is 1. The zero-order valence-corrected chi connectivity index (χ0v) is 15.7. The number of nitrogens with one attached hydrogen (secondary N) is 1. The molecular formula is C19H21N5O6. The number of aliphatic carboxylic acids is 1. The van der Waals surface area contributed by atoms with Crippen LogP contribution in [0.2, 0.25) is 0 Å². The van der Waals surface area contributed by atoms with Crippen molar-refractivity contribution in [1.29, 1.82) is 0 Å². The zero-order valence-electron chi connectivity index (χ0n) is 15.7. The van der Waals surface area contributed by atoms with Crippen LogP contribution >= 0.6 is 0 Å². The Morgan fingerprint density at radius 1 is 1.17 bits per heavy atom. The van der Waals surface area contributed by atoms with Gasteiger partial charge in [-0.2, -0.15) is 0 Å². The third-order valence-electron chi connectivity index (χ3n) is 5.04. The number of anilines is 1. The minimum absolute atomic E-state index is 0.217. The minimum atomic E-state index is -1.30. The van der Waals surface area contributed by atoms with Gasteiger partial charge in [0.15, 0.2) is 23.2 Å². The number of aliphatic hydroxyl groups excluding tert-OH is 3. The molecule has 1 aliphatic rings. The van der Waals surface area contributed by atoms with Crippen LogP contribution in [0.15, 0.2) is 43.0 Å². The lowest BCUT2D eigenvalue weighted by atomic mass is 10.1. The third-order valence-corrected chi connectivity index (χ3v) is 5.04. The summed E-state index contributed by atoms with van der Waals surface area (Å²) in [5.41, 5.74) is 1.42. The maximum Gasteiger partial charge on any atom is 0.326 e. The topological polar surface area (TPSA) is 163 Å². The molecule has 0 spiro atoms. The molecule has 30 heavy (non-hydrogen) atoms. The monoisotopic (exact) mass is 415 g/mol.